The maximum absolute atomic E-state index is 13.3. The molecule has 0 radical (unpaired) electrons. The number of hydrogen-bond donors (Lipinski definition) is 0. The molecule has 150 valence electrons. The second-order valence-corrected chi connectivity index (χ2v) is 7.76. The Bertz CT molecular complexity index is 1010. The van der Waals surface area contributed by atoms with Crippen molar-refractivity contribution >= 4 is 22.7 Å². The second-order valence-electron chi connectivity index (χ2n) is 7.76. The zero-order valence-electron chi connectivity index (χ0n) is 16.9. The zero-order valence-corrected chi connectivity index (χ0v) is 16.9. The molecule has 0 unspecified atom stereocenters. The lowest BCUT2D eigenvalue weighted by molar-refractivity contribution is 0.0724. The Hall–Kier alpha value is -2.88. The van der Waals surface area contributed by atoms with E-state index in [1.54, 1.807) is 24.3 Å². The summed E-state index contributed by atoms with van der Waals surface area (Å²) < 4.78 is 6.00. The summed E-state index contributed by atoms with van der Waals surface area (Å²) in [5, 5.41) is 0.858. The van der Waals surface area contributed by atoms with Crippen LogP contribution in [0.5, 0.6) is 0 Å². The van der Waals surface area contributed by atoms with Crippen LogP contribution in [0.25, 0.3) is 11.0 Å². The Morgan fingerprint density at radius 1 is 0.931 bits per heavy atom. The molecule has 0 bridgehead atoms. The molecule has 0 aliphatic carbocycles. The third-order valence-corrected chi connectivity index (χ3v) is 5.69. The van der Waals surface area contributed by atoms with Gasteiger partial charge in [0.1, 0.15) is 11.3 Å². The Morgan fingerprint density at radius 3 is 2.34 bits per heavy atom. The average molecular weight is 389 g/mol. The Kier molecular flexibility index (Phi) is 5.79. The maximum Gasteiger partial charge on any atom is 0.253 e. The number of likely N-dealkylation sites (tertiary alicyclic amines) is 1. The largest absolute Gasteiger partial charge is 0.460 e. The van der Waals surface area contributed by atoms with Crippen LogP contribution in [0, 0.1) is 0 Å². The molecule has 29 heavy (non-hydrogen) atoms. The highest BCUT2D eigenvalue weighted by Crippen LogP contribution is 2.29. The Balaban J connectivity index is 1.62. The number of rotatable bonds is 6. The van der Waals surface area contributed by atoms with E-state index in [4.69, 9.17) is 4.42 Å². The number of carbonyl (C=O) groups is 2. The summed E-state index contributed by atoms with van der Waals surface area (Å²) in [4.78, 5) is 27.9. The lowest BCUT2D eigenvalue weighted by Crippen LogP contribution is -2.35. The summed E-state index contributed by atoms with van der Waals surface area (Å²) in [7, 11) is 0. The Morgan fingerprint density at radius 2 is 1.62 bits per heavy atom. The predicted molar refractivity (Wildman–Crippen MR) is 114 cm³/mol. The molecule has 0 N–H and O–H groups in total. The van der Waals surface area contributed by atoms with Crippen molar-refractivity contribution in [2.24, 2.45) is 0 Å². The van der Waals surface area contributed by atoms with E-state index in [0.29, 0.717) is 16.7 Å². The SMILES string of the molecule is CCCCc1oc2ccccc2c1C(=O)c1ccc(C(=O)N2CCCCC2)cc1. The van der Waals surface area contributed by atoms with Gasteiger partial charge in [-0.2, -0.15) is 0 Å². The molecule has 1 aliphatic heterocycles. The highest BCUT2D eigenvalue weighted by atomic mass is 16.3. The second kappa shape index (κ2) is 8.64. The van der Waals surface area contributed by atoms with Gasteiger partial charge >= 0.3 is 0 Å². The van der Waals surface area contributed by atoms with Crippen LogP contribution in [0.4, 0.5) is 0 Å². The normalized spacial score (nSPS) is 14.3. The molecule has 0 saturated carbocycles. The van der Waals surface area contributed by atoms with E-state index in [1.807, 2.05) is 29.2 Å². The van der Waals surface area contributed by atoms with Gasteiger partial charge in [0.2, 0.25) is 0 Å². The standard InChI is InChI=1S/C25H27NO3/c1-2-3-10-22-23(20-9-5-6-11-21(20)29-22)24(27)18-12-14-19(15-13-18)25(28)26-16-7-4-8-17-26/h5-6,9,11-15H,2-4,7-8,10,16-17H2,1H3. The van der Waals surface area contributed by atoms with Gasteiger partial charge in [-0.05, 0) is 43.9 Å². The highest BCUT2D eigenvalue weighted by Gasteiger charge is 2.23. The number of furan rings is 1. The molecule has 1 amide bonds. The number of piperidine rings is 1. The van der Waals surface area contributed by atoms with Gasteiger partial charge in [0.25, 0.3) is 5.91 Å². The van der Waals surface area contributed by atoms with Gasteiger partial charge in [0.15, 0.2) is 5.78 Å². The van der Waals surface area contributed by atoms with Gasteiger partial charge < -0.3 is 9.32 Å². The van der Waals surface area contributed by atoms with Crippen LogP contribution in [-0.2, 0) is 6.42 Å². The summed E-state index contributed by atoms with van der Waals surface area (Å²) in [5.41, 5.74) is 2.64. The van der Waals surface area contributed by atoms with Crippen LogP contribution in [0.1, 0.15) is 71.1 Å². The minimum Gasteiger partial charge on any atom is -0.460 e. The van der Waals surface area contributed by atoms with Crippen molar-refractivity contribution < 1.29 is 14.0 Å². The molecule has 2 aromatic carbocycles. The molecule has 4 rings (SSSR count). The summed E-state index contributed by atoms with van der Waals surface area (Å²) in [6, 6.07) is 14.8. The van der Waals surface area contributed by atoms with E-state index in [9.17, 15) is 9.59 Å². The minimum atomic E-state index is -0.0435. The third kappa shape index (κ3) is 3.98. The van der Waals surface area contributed by atoms with E-state index < -0.39 is 0 Å². The van der Waals surface area contributed by atoms with Crippen LogP contribution in [0.15, 0.2) is 52.9 Å². The van der Waals surface area contributed by atoms with Crippen molar-refractivity contribution in [1.82, 2.24) is 4.90 Å². The van der Waals surface area contributed by atoms with Crippen molar-refractivity contribution in [2.45, 2.75) is 45.4 Å². The van der Waals surface area contributed by atoms with Crippen molar-refractivity contribution in [2.75, 3.05) is 13.1 Å². The molecule has 0 atom stereocenters. The number of fused-ring (bicyclic) bond motifs is 1. The van der Waals surface area contributed by atoms with E-state index in [2.05, 4.69) is 6.92 Å². The summed E-state index contributed by atoms with van der Waals surface area (Å²) in [6.07, 6.45) is 6.09. The van der Waals surface area contributed by atoms with Gasteiger partial charge in [0, 0.05) is 36.0 Å². The highest BCUT2D eigenvalue weighted by molar-refractivity contribution is 6.17. The van der Waals surface area contributed by atoms with Crippen molar-refractivity contribution in [3.63, 3.8) is 0 Å². The van der Waals surface area contributed by atoms with Crippen molar-refractivity contribution in [1.29, 1.82) is 0 Å². The number of nitrogens with zero attached hydrogens (tertiary/aromatic N) is 1. The number of hydrogen-bond acceptors (Lipinski definition) is 3. The van der Waals surface area contributed by atoms with Crippen molar-refractivity contribution in [3.8, 4) is 0 Å². The van der Waals surface area contributed by atoms with Crippen molar-refractivity contribution in [3.05, 3.63) is 71.0 Å². The topological polar surface area (TPSA) is 50.5 Å². The Labute approximate surface area is 171 Å². The molecule has 4 heteroatoms. The van der Waals surface area contributed by atoms with Gasteiger partial charge in [0.05, 0.1) is 5.56 Å². The first-order valence-corrected chi connectivity index (χ1v) is 10.6. The number of benzene rings is 2. The third-order valence-electron chi connectivity index (χ3n) is 5.69. The molecular weight excluding hydrogens is 362 g/mol. The number of amides is 1. The monoisotopic (exact) mass is 389 g/mol. The van der Waals surface area contributed by atoms with E-state index >= 15 is 0 Å². The quantitative estimate of drug-likeness (QED) is 0.513. The predicted octanol–water partition coefficient (Wildman–Crippen LogP) is 5.63. The number of unbranched alkanes of at least 4 members (excludes halogenated alkanes) is 1. The molecule has 4 nitrogen and oxygen atoms in total. The molecule has 1 aromatic heterocycles. The minimum absolute atomic E-state index is 0.0435. The molecule has 1 saturated heterocycles. The van der Waals surface area contributed by atoms with Crippen LogP contribution in [-0.4, -0.2) is 29.7 Å². The molecule has 1 fully saturated rings. The lowest BCUT2D eigenvalue weighted by atomic mass is 9.97. The fourth-order valence-electron chi connectivity index (χ4n) is 4.05. The van der Waals surface area contributed by atoms with Crippen LogP contribution in [0.2, 0.25) is 0 Å². The van der Waals surface area contributed by atoms with E-state index in [1.165, 1.54) is 6.42 Å². The van der Waals surface area contributed by atoms with E-state index in [0.717, 1.165) is 61.9 Å². The van der Waals surface area contributed by atoms with Crippen LogP contribution >= 0.6 is 0 Å². The molecule has 2 heterocycles. The van der Waals surface area contributed by atoms with Gasteiger partial charge in [-0.25, -0.2) is 0 Å². The first-order valence-electron chi connectivity index (χ1n) is 10.6. The molecular formula is C25H27NO3. The molecule has 0 spiro atoms. The summed E-state index contributed by atoms with van der Waals surface area (Å²) in [5.74, 6) is 0.769. The number of carbonyl (C=O) groups excluding carboxylic acids is 2. The maximum atomic E-state index is 13.3. The number of para-hydroxylation sites is 1. The number of aryl methyl sites for hydroxylation is 1. The summed E-state index contributed by atoms with van der Waals surface area (Å²) in [6.45, 7) is 3.77. The first-order chi connectivity index (χ1) is 14.2. The van der Waals surface area contributed by atoms with Gasteiger partial charge in [-0.1, -0.05) is 43.7 Å². The fraction of sp³-hybridized carbons (Fsp3) is 0.360. The van der Waals surface area contributed by atoms with Crippen LogP contribution < -0.4 is 0 Å². The fourth-order valence-corrected chi connectivity index (χ4v) is 4.05. The van der Waals surface area contributed by atoms with E-state index in [-0.39, 0.29) is 11.7 Å². The first kappa shape index (κ1) is 19.4. The lowest BCUT2D eigenvalue weighted by Gasteiger charge is -2.26. The van der Waals surface area contributed by atoms with Crippen LogP contribution in [0.3, 0.4) is 0 Å². The number of ketones is 1. The van der Waals surface area contributed by atoms with Gasteiger partial charge in [-0.15, -0.1) is 0 Å². The zero-order chi connectivity index (χ0) is 20.2. The van der Waals surface area contributed by atoms with Gasteiger partial charge in [-0.3, -0.25) is 9.59 Å². The smallest absolute Gasteiger partial charge is 0.253 e. The average Bonchev–Trinajstić information content (AvgIpc) is 3.15. The molecule has 3 aromatic rings. The molecule has 1 aliphatic rings. The summed E-state index contributed by atoms with van der Waals surface area (Å²) >= 11 is 0.